The van der Waals surface area contributed by atoms with Crippen LogP contribution in [0.5, 0.6) is 5.75 Å². The molecule has 0 aromatic heterocycles. The van der Waals surface area contributed by atoms with Crippen molar-refractivity contribution in [1.82, 2.24) is 5.32 Å². The monoisotopic (exact) mass is 265 g/mol. The fourth-order valence-corrected chi connectivity index (χ4v) is 1.88. The van der Waals surface area contributed by atoms with E-state index in [0.717, 1.165) is 17.9 Å². The van der Waals surface area contributed by atoms with Crippen LogP contribution in [0.1, 0.15) is 12.0 Å². The second kappa shape index (κ2) is 7.11. The third kappa shape index (κ3) is 4.54. The van der Waals surface area contributed by atoms with Crippen LogP contribution in [-0.4, -0.2) is 38.9 Å². The first kappa shape index (κ1) is 13.8. The molecule has 1 N–H and O–H groups in total. The Bertz CT molecular complexity index is 398. The van der Waals surface area contributed by atoms with Crippen LogP contribution in [0, 0.1) is 0 Å². The lowest BCUT2D eigenvalue weighted by Crippen LogP contribution is -2.39. The highest BCUT2D eigenvalue weighted by Crippen LogP contribution is 2.12. The summed E-state index contributed by atoms with van der Waals surface area (Å²) in [4.78, 5) is 11.7. The molecule has 1 heterocycles. The van der Waals surface area contributed by atoms with Gasteiger partial charge in [-0.3, -0.25) is 4.79 Å². The predicted octanol–water partition coefficient (Wildman–Crippen LogP) is 1.12. The summed E-state index contributed by atoms with van der Waals surface area (Å²) in [5.41, 5.74) is 0.942. The summed E-state index contributed by atoms with van der Waals surface area (Å²) < 4.78 is 15.7. The zero-order valence-electron chi connectivity index (χ0n) is 11.1. The average molecular weight is 265 g/mol. The molecule has 1 fully saturated rings. The molecule has 0 spiro atoms. The maximum atomic E-state index is 11.7. The van der Waals surface area contributed by atoms with Gasteiger partial charge in [-0.1, -0.05) is 12.1 Å². The van der Waals surface area contributed by atoms with Gasteiger partial charge in [0.1, 0.15) is 12.4 Å². The molecular weight excluding hydrogens is 246 g/mol. The highest BCUT2D eigenvalue weighted by molar-refractivity contribution is 5.70. The maximum Gasteiger partial charge on any atom is 0.308 e. The summed E-state index contributed by atoms with van der Waals surface area (Å²) in [5.74, 6) is 0.557. The first-order valence-electron chi connectivity index (χ1n) is 6.39. The van der Waals surface area contributed by atoms with Crippen LogP contribution >= 0.6 is 0 Å². The molecule has 0 amide bonds. The van der Waals surface area contributed by atoms with Crippen molar-refractivity contribution in [3.63, 3.8) is 0 Å². The molecular formula is C14H19NO4. The lowest BCUT2D eigenvalue weighted by atomic mass is 10.2. The molecule has 0 bridgehead atoms. The van der Waals surface area contributed by atoms with Crippen LogP contribution in [0.3, 0.4) is 0 Å². The maximum absolute atomic E-state index is 11.7. The third-order valence-electron chi connectivity index (χ3n) is 2.96. The van der Waals surface area contributed by atoms with Crippen LogP contribution in [0.2, 0.25) is 0 Å². The van der Waals surface area contributed by atoms with E-state index in [9.17, 15) is 4.79 Å². The molecule has 1 aromatic rings. The number of benzene rings is 1. The van der Waals surface area contributed by atoms with Gasteiger partial charge >= 0.3 is 5.97 Å². The smallest absolute Gasteiger partial charge is 0.308 e. The minimum Gasteiger partial charge on any atom is -0.497 e. The second-order valence-electron chi connectivity index (χ2n) is 4.41. The Labute approximate surface area is 112 Å². The minimum absolute atomic E-state index is 0.0721. The topological polar surface area (TPSA) is 56.8 Å². The van der Waals surface area contributed by atoms with E-state index in [1.54, 1.807) is 7.11 Å². The van der Waals surface area contributed by atoms with Gasteiger partial charge in [0, 0.05) is 13.1 Å². The van der Waals surface area contributed by atoms with Crippen molar-refractivity contribution in [2.45, 2.75) is 19.1 Å². The number of ether oxygens (including phenoxy) is 3. The van der Waals surface area contributed by atoms with Gasteiger partial charge in [0.2, 0.25) is 0 Å². The van der Waals surface area contributed by atoms with Crippen LogP contribution in [0.15, 0.2) is 24.3 Å². The molecule has 0 radical (unpaired) electrons. The Morgan fingerprint density at radius 1 is 1.42 bits per heavy atom. The zero-order chi connectivity index (χ0) is 13.5. The lowest BCUT2D eigenvalue weighted by molar-refractivity contribution is -0.148. The van der Waals surface area contributed by atoms with Crippen molar-refractivity contribution >= 4 is 5.97 Å². The van der Waals surface area contributed by atoms with Crippen molar-refractivity contribution < 1.29 is 19.0 Å². The standard InChI is InChI=1S/C14H19NO4/c1-17-12-4-2-11(3-5-12)10-19-14(16)8-13-9-15-6-7-18-13/h2-5,13,15H,6-10H2,1H3. The molecule has 19 heavy (non-hydrogen) atoms. The third-order valence-corrected chi connectivity index (χ3v) is 2.96. The first-order chi connectivity index (χ1) is 9.28. The predicted molar refractivity (Wildman–Crippen MR) is 70.0 cm³/mol. The van der Waals surface area contributed by atoms with Crippen molar-refractivity contribution in [3.8, 4) is 5.75 Å². The van der Waals surface area contributed by atoms with Crippen LogP contribution in [-0.2, 0) is 20.9 Å². The van der Waals surface area contributed by atoms with Gasteiger partial charge in [-0.15, -0.1) is 0 Å². The molecule has 0 aliphatic carbocycles. The quantitative estimate of drug-likeness (QED) is 0.808. The molecule has 1 saturated heterocycles. The average Bonchev–Trinajstić information content (AvgIpc) is 2.47. The van der Waals surface area contributed by atoms with Gasteiger partial charge in [-0.2, -0.15) is 0 Å². The Balaban J connectivity index is 1.72. The second-order valence-corrected chi connectivity index (χ2v) is 4.41. The Morgan fingerprint density at radius 2 is 2.21 bits per heavy atom. The number of esters is 1. The number of nitrogens with one attached hydrogen (secondary N) is 1. The van der Waals surface area contributed by atoms with E-state index >= 15 is 0 Å². The Kier molecular flexibility index (Phi) is 5.18. The van der Waals surface area contributed by atoms with E-state index in [2.05, 4.69) is 5.32 Å². The molecule has 5 heteroatoms. The normalized spacial score (nSPS) is 18.9. The summed E-state index contributed by atoms with van der Waals surface area (Å²) >= 11 is 0. The van der Waals surface area contributed by atoms with E-state index in [-0.39, 0.29) is 18.7 Å². The summed E-state index contributed by atoms with van der Waals surface area (Å²) in [6.45, 7) is 2.48. The molecule has 5 nitrogen and oxygen atoms in total. The van der Waals surface area contributed by atoms with Crippen LogP contribution in [0.25, 0.3) is 0 Å². The summed E-state index contributed by atoms with van der Waals surface area (Å²) in [6, 6.07) is 7.45. The van der Waals surface area contributed by atoms with E-state index in [4.69, 9.17) is 14.2 Å². The highest BCUT2D eigenvalue weighted by atomic mass is 16.5. The summed E-state index contributed by atoms with van der Waals surface area (Å²) in [6.07, 6.45) is 0.223. The first-order valence-corrected chi connectivity index (χ1v) is 6.39. The number of hydrogen-bond donors (Lipinski definition) is 1. The number of methoxy groups -OCH3 is 1. The van der Waals surface area contributed by atoms with Gasteiger partial charge in [-0.05, 0) is 17.7 Å². The zero-order valence-corrected chi connectivity index (χ0v) is 11.1. The molecule has 1 atom stereocenters. The number of carbonyl (C=O) groups is 1. The van der Waals surface area contributed by atoms with Crippen molar-refractivity contribution in [1.29, 1.82) is 0 Å². The molecule has 1 unspecified atom stereocenters. The highest BCUT2D eigenvalue weighted by Gasteiger charge is 2.18. The minimum atomic E-state index is -0.232. The van der Waals surface area contributed by atoms with E-state index in [0.29, 0.717) is 19.6 Å². The number of hydrogen-bond acceptors (Lipinski definition) is 5. The number of morpholine rings is 1. The fraction of sp³-hybridized carbons (Fsp3) is 0.500. The SMILES string of the molecule is COc1ccc(COC(=O)CC2CNCCO2)cc1. The van der Waals surface area contributed by atoms with Crippen molar-refractivity contribution in [3.05, 3.63) is 29.8 Å². The largest absolute Gasteiger partial charge is 0.497 e. The van der Waals surface area contributed by atoms with Crippen molar-refractivity contribution in [2.24, 2.45) is 0 Å². The van der Waals surface area contributed by atoms with Gasteiger partial charge < -0.3 is 19.5 Å². The van der Waals surface area contributed by atoms with Crippen molar-refractivity contribution in [2.75, 3.05) is 26.8 Å². The Morgan fingerprint density at radius 3 is 2.84 bits per heavy atom. The Hall–Kier alpha value is -1.59. The molecule has 1 aliphatic rings. The van der Waals surface area contributed by atoms with Crippen LogP contribution < -0.4 is 10.1 Å². The molecule has 1 aliphatic heterocycles. The molecule has 1 aromatic carbocycles. The van der Waals surface area contributed by atoms with Gasteiger partial charge in [0.25, 0.3) is 0 Å². The number of rotatable bonds is 5. The van der Waals surface area contributed by atoms with Gasteiger partial charge in [-0.25, -0.2) is 0 Å². The van der Waals surface area contributed by atoms with Gasteiger partial charge in [0.05, 0.1) is 26.2 Å². The fourth-order valence-electron chi connectivity index (χ4n) is 1.88. The van der Waals surface area contributed by atoms with E-state index < -0.39 is 0 Å². The van der Waals surface area contributed by atoms with E-state index in [1.807, 2.05) is 24.3 Å². The van der Waals surface area contributed by atoms with E-state index in [1.165, 1.54) is 0 Å². The van der Waals surface area contributed by atoms with Gasteiger partial charge in [0.15, 0.2) is 0 Å². The summed E-state index contributed by atoms with van der Waals surface area (Å²) in [7, 11) is 1.62. The molecule has 104 valence electrons. The molecule has 2 rings (SSSR count). The summed E-state index contributed by atoms with van der Waals surface area (Å²) in [5, 5.41) is 3.18. The lowest BCUT2D eigenvalue weighted by Gasteiger charge is -2.22. The molecule has 0 saturated carbocycles. The van der Waals surface area contributed by atoms with Crippen LogP contribution in [0.4, 0.5) is 0 Å². The number of carbonyl (C=O) groups excluding carboxylic acids is 1.